The predicted molar refractivity (Wildman–Crippen MR) is 58.4 cm³/mol. The fourth-order valence-corrected chi connectivity index (χ4v) is 1.97. The highest BCUT2D eigenvalue weighted by Crippen LogP contribution is 2.32. The molecule has 1 heterocycles. The van der Waals surface area contributed by atoms with E-state index in [1.807, 2.05) is 36.4 Å². The molecule has 0 amide bonds. The van der Waals surface area contributed by atoms with Gasteiger partial charge in [-0.25, -0.2) is 0 Å². The minimum Gasteiger partial charge on any atom is -0.482 e. The molecule has 15 heavy (non-hydrogen) atoms. The van der Waals surface area contributed by atoms with Gasteiger partial charge in [-0.3, -0.25) is 4.79 Å². The maximum Gasteiger partial charge on any atom is 0.206 e. The molecule has 74 valence electrons. The fraction of sp³-hybridized carbons (Fsp3) is 0.154. The molecule has 1 unspecified atom stereocenters. The van der Waals surface area contributed by atoms with Gasteiger partial charge in [-0.05, 0) is 29.8 Å². The summed E-state index contributed by atoms with van der Waals surface area (Å²) in [6, 6.07) is 11.8. The summed E-state index contributed by atoms with van der Waals surface area (Å²) < 4.78 is 5.48. The number of carbonyl (C=O) groups excluding carboxylic acids is 1. The van der Waals surface area contributed by atoms with Gasteiger partial charge in [0.25, 0.3) is 0 Å². The maximum absolute atomic E-state index is 11.7. The topological polar surface area (TPSA) is 26.3 Å². The van der Waals surface area contributed by atoms with Crippen molar-refractivity contribution in [2.75, 3.05) is 0 Å². The van der Waals surface area contributed by atoms with Crippen molar-refractivity contribution < 1.29 is 9.53 Å². The average molecular weight is 198 g/mol. The highest BCUT2D eigenvalue weighted by atomic mass is 16.5. The molecule has 2 aromatic rings. The van der Waals surface area contributed by atoms with Gasteiger partial charge in [-0.2, -0.15) is 0 Å². The van der Waals surface area contributed by atoms with Crippen molar-refractivity contribution in [3.63, 3.8) is 0 Å². The smallest absolute Gasteiger partial charge is 0.206 e. The molecule has 0 fully saturated rings. The molecule has 0 N–H and O–H groups in total. The molecule has 1 aliphatic rings. The van der Waals surface area contributed by atoms with Gasteiger partial charge < -0.3 is 4.74 Å². The van der Waals surface area contributed by atoms with Crippen LogP contribution in [0.15, 0.2) is 36.4 Å². The van der Waals surface area contributed by atoms with Crippen LogP contribution in [0.2, 0.25) is 0 Å². The molecule has 0 aromatic heterocycles. The van der Waals surface area contributed by atoms with Crippen molar-refractivity contribution in [2.24, 2.45) is 0 Å². The van der Waals surface area contributed by atoms with E-state index in [9.17, 15) is 4.79 Å². The SMILES string of the molecule is CC1Oc2cc3ccccc3cc2C1=O. The summed E-state index contributed by atoms with van der Waals surface area (Å²) in [7, 11) is 0. The molecular formula is C13H10O2. The highest BCUT2D eigenvalue weighted by Gasteiger charge is 2.28. The second kappa shape index (κ2) is 2.83. The van der Waals surface area contributed by atoms with Crippen LogP contribution in [0, 0.1) is 0 Å². The Hall–Kier alpha value is -1.83. The minimum absolute atomic E-state index is 0.0794. The molecule has 3 rings (SSSR count). The van der Waals surface area contributed by atoms with E-state index in [1.54, 1.807) is 6.92 Å². The third-order valence-electron chi connectivity index (χ3n) is 2.79. The number of rotatable bonds is 0. The van der Waals surface area contributed by atoms with Gasteiger partial charge in [-0.1, -0.05) is 24.3 Å². The quantitative estimate of drug-likeness (QED) is 0.650. The summed E-state index contributed by atoms with van der Waals surface area (Å²) in [4.78, 5) is 11.7. The lowest BCUT2D eigenvalue weighted by molar-refractivity contribution is 0.0878. The number of fused-ring (bicyclic) bond motifs is 2. The molecule has 0 saturated heterocycles. The van der Waals surface area contributed by atoms with Gasteiger partial charge in [-0.15, -0.1) is 0 Å². The van der Waals surface area contributed by atoms with Crippen LogP contribution >= 0.6 is 0 Å². The van der Waals surface area contributed by atoms with Crippen LogP contribution in [-0.2, 0) is 0 Å². The van der Waals surface area contributed by atoms with Crippen molar-refractivity contribution in [3.8, 4) is 5.75 Å². The van der Waals surface area contributed by atoms with Crippen LogP contribution in [0.3, 0.4) is 0 Å². The molecule has 2 nitrogen and oxygen atoms in total. The third kappa shape index (κ3) is 1.14. The van der Waals surface area contributed by atoms with E-state index in [-0.39, 0.29) is 11.9 Å². The lowest BCUT2D eigenvalue weighted by Gasteiger charge is -2.02. The number of ether oxygens (including phenoxy) is 1. The maximum atomic E-state index is 11.7. The summed E-state index contributed by atoms with van der Waals surface area (Å²) in [6.07, 6.45) is -0.336. The van der Waals surface area contributed by atoms with Gasteiger partial charge in [0, 0.05) is 0 Å². The monoisotopic (exact) mass is 198 g/mol. The summed E-state index contributed by atoms with van der Waals surface area (Å²) >= 11 is 0. The Morgan fingerprint density at radius 3 is 2.53 bits per heavy atom. The van der Waals surface area contributed by atoms with Crippen molar-refractivity contribution >= 4 is 16.6 Å². The predicted octanol–water partition coefficient (Wildman–Crippen LogP) is 2.80. The Bertz CT molecular complexity index is 557. The first-order valence-electron chi connectivity index (χ1n) is 4.99. The Morgan fingerprint density at radius 2 is 1.80 bits per heavy atom. The molecule has 2 aromatic carbocycles. The molecule has 0 bridgehead atoms. The first kappa shape index (κ1) is 8.48. The first-order valence-corrected chi connectivity index (χ1v) is 4.99. The Balaban J connectivity index is 2.32. The Kier molecular flexibility index (Phi) is 1.60. The second-order valence-corrected chi connectivity index (χ2v) is 3.82. The van der Waals surface area contributed by atoms with Gasteiger partial charge in [0.1, 0.15) is 5.75 Å². The van der Waals surface area contributed by atoms with E-state index in [0.29, 0.717) is 11.3 Å². The van der Waals surface area contributed by atoms with Gasteiger partial charge in [0.15, 0.2) is 6.10 Å². The molecule has 0 radical (unpaired) electrons. The summed E-state index contributed by atoms with van der Waals surface area (Å²) in [5.74, 6) is 0.793. The number of Topliss-reactive ketones (excluding diaryl/α,β-unsaturated/α-hetero) is 1. The molecule has 0 saturated carbocycles. The largest absolute Gasteiger partial charge is 0.482 e. The van der Waals surface area contributed by atoms with Crippen molar-refractivity contribution in [1.82, 2.24) is 0 Å². The minimum atomic E-state index is -0.336. The summed E-state index contributed by atoms with van der Waals surface area (Å²) in [6.45, 7) is 1.78. The third-order valence-corrected chi connectivity index (χ3v) is 2.79. The van der Waals surface area contributed by atoms with Gasteiger partial charge in [0.2, 0.25) is 5.78 Å². The zero-order valence-electron chi connectivity index (χ0n) is 8.36. The van der Waals surface area contributed by atoms with E-state index < -0.39 is 0 Å². The van der Waals surface area contributed by atoms with Crippen molar-refractivity contribution in [2.45, 2.75) is 13.0 Å². The molecular weight excluding hydrogens is 188 g/mol. The number of ketones is 1. The van der Waals surface area contributed by atoms with Crippen LogP contribution in [0.5, 0.6) is 5.75 Å². The van der Waals surface area contributed by atoms with E-state index in [1.165, 1.54) is 0 Å². The number of benzene rings is 2. The molecule has 1 aliphatic heterocycles. The second-order valence-electron chi connectivity index (χ2n) is 3.82. The summed E-state index contributed by atoms with van der Waals surface area (Å²) in [5.41, 5.74) is 0.709. The van der Waals surface area contributed by atoms with E-state index >= 15 is 0 Å². The number of hydrogen-bond donors (Lipinski definition) is 0. The fourth-order valence-electron chi connectivity index (χ4n) is 1.97. The van der Waals surface area contributed by atoms with E-state index in [4.69, 9.17) is 4.74 Å². The lowest BCUT2D eigenvalue weighted by atomic mass is 10.0. The van der Waals surface area contributed by atoms with Crippen LogP contribution in [0.1, 0.15) is 17.3 Å². The highest BCUT2D eigenvalue weighted by molar-refractivity contribution is 6.07. The van der Waals surface area contributed by atoms with Gasteiger partial charge >= 0.3 is 0 Å². The van der Waals surface area contributed by atoms with Crippen LogP contribution in [0.25, 0.3) is 10.8 Å². The Morgan fingerprint density at radius 1 is 1.13 bits per heavy atom. The zero-order valence-corrected chi connectivity index (χ0v) is 8.36. The van der Waals surface area contributed by atoms with Crippen LogP contribution in [-0.4, -0.2) is 11.9 Å². The molecule has 0 aliphatic carbocycles. The molecule has 2 heteroatoms. The molecule has 0 spiro atoms. The van der Waals surface area contributed by atoms with Crippen molar-refractivity contribution in [3.05, 3.63) is 42.0 Å². The van der Waals surface area contributed by atoms with Crippen LogP contribution in [0.4, 0.5) is 0 Å². The van der Waals surface area contributed by atoms with E-state index in [0.717, 1.165) is 10.8 Å². The van der Waals surface area contributed by atoms with E-state index in [2.05, 4.69) is 0 Å². The Labute approximate surface area is 87.5 Å². The number of carbonyl (C=O) groups is 1. The van der Waals surface area contributed by atoms with Crippen molar-refractivity contribution in [1.29, 1.82) is 0 Å². The normalized spacial score (nSPS) is 19.0. The number of hydrogen-bond acceptors (Lipinski definition) is 2. The average Bonchev–Trinajstić information content (AvgIpc) is 2.52. The van der Waals surface area contributed by atoms with Gasteiger partial charge in [0.05, 0.1) is 5.56 Å². The first-order chi connectivity index (χ1) is 7.25. The zero-order chi connectivity index (χ0) is 10.4. The summed E-state index contributed by atoms with van der Waals surface area (Å²) in [5, 5.41) is 2.19. The molecule has 1 atom stereocenters. The van der Waals surface area contributed by atoms with Crippen LogP contribution < -0.4 is 4.74 Å². The standard InChI is InChI=1S/C13H10O2/c1-8-13(14)11-6-9-4-2-3-5-10(9)7-12(11)15-8/h2-8H,1H3. The lowest BCUT2D eigenvalue weighted by Crippen LogP contribution is -2.14.